The van der Waals surface area contributed by atoms with Crippen LogP contribution in [0.25, 0.3) is 11.0 Å². The minimum atomic E-state index is -1.32. The van der Waals surface area contributed by atoms with Crippen LogP contribution in [0.3, 0.4) is 0 Å². The number of piperidine rings is 1. The number of amides is 2. The molecule has 3 aromatic rings. The number of fused-ring (bicyclic) bond motifs is 1. The van der Waals surface area contributed by atoms with Gasteiger partial charge in [0.05, 0.1) is 11.1 Å². The molecule has 0 radical (unpaired) electrons. The third kappa shape index (κ3) is 3.68. The molecule has 1 aliphatic heterocycles. The van der Waals surface area contributed by atoms with Crippen LogP contribution in [0.2, 0.25) is 0 Å². The molecule has 0 unspecified atom stereocenters. The number of carbonyl (C=O) groups excluding carboxylic acids is 1. The average Bonchev–Trinajstić information content (AvgIpc) is 3.22. The second-order valence-corrected chi connectivity index (χ2v) is 8.00. The zero-order chi connectivity index (χ0) is 21.3. The van der Waals surface area contributed by atoms with Gasteiger partial charge in [-0.05, 0) is 43.2 Å². The fourth-order valence-electron chi connectivity index (χ4n) is 3.76. The molecule has 4 rings (SSSR count). The molecule has 156 valence electrons. The number of hydrogen-bond acceptors (Lipinski definition) is 6. The van der Waals surface area contributed by atoms with E-state index in [1.807, 2.05) is 11.0 Å². The zero-order valence-corrected chi connectivity index (χ0v) is 17.5. The molecule has 0 aliphatic carbocycles. The molecule has 5 N–H and O–H groups in total. The first kappa shape index (κ1) is 20.1. The van der Waals surface area contributed by atoms with E-state index in [1.165, 1.54) is 6.33 Å². The minimum absolute atomic E-state index is 0.248. The van der Waals surface area contributed by atoms with Crippen molar-refractivity contribution in [1.82, 2.24) is 20.3 Å². The summed E-state index contributed by atoms with van der Waals surface area (Å²) >= 11 is 3.34. The van der Waals surface area contributed by atoms with Gasteiger partial charge in [-0.15, -0.1) is 0 Å². The van der Waals surface area contributed by atoms with Crippen LogP contribution in [0.15, 0.2) is 47.3 Å². The fourth-order valence-corrected chi connectivity index (χ4v) is 4.02. The summed E-state index contributed by atoms with van der Waals surface area (Å²) in [5.41, 5.74) is -0.129. The quantitative estimate of drug-likeness (QED) is 0.258. The van der Waals surface area contributed by atoms with Gasteiger partial charge in [-0.1, -0.05) is 15.9 Å². The number of hydrogen-bond donors (Lipinski definition) is 4. The Bertz CT molecular complexity index is 1080. The Labute approximate surface area is 180 Å². The molecular formula is C19H20BrN7O3. The van der Waals surface area contributed by atoms with Gasteiger partial charge in [-0.25, -0.2) is 25.6 Å². The van der Waals surface area contributed by atoms with E-state index in [0.29, 0.717) is 18.8 Å². The lowest BCUT2D eigenvalue weighted by atomic mass is 9.86. The second kappa shape index (κ2) is 7.92. The SMILES string of the molecule is NN(C(=O)C1(NC(=O)O)CCN(c2ncnc3[nH]ccc23)CC1)c1ccc(Br)cc1. The lowest BCUT2D eigenvalue weighted by Gasteiger charge is -2.42. The van der Waals surface area contributed by atoms with Crippen molar-refractivity contribution in [3.05, 3.63) is 47.3 Å². The van der Waals surface area contributed by atoms with Crippen molar-refractivity contribution in [3.8, 4) is 0 Å². The highest BCUT2D eigenvalue weighted by atomic mass is 79.9. The summed E-state index contributed by atoms with van der Waals surface area (Å²) in [7, 11) is 0. The molecule has 0 atom stereocenters. The van der Waals surface area contributed by atoms with Gasteiger partial charge in [0.2, 0.25) is 0 Å². The van der Waals surface area contributed by atoms with E-state index in [2.05, 4.69) is 36.2 Å². The highest BCUT2D eigenvalue weighted by Gasteiger charge is 2.45. The van der Waals surface area contributed by atoms with Gasteiger partial charge in [0.1, 0.15) is 23.3 Å². The molecule has 0 saturated carbocycles. The Balaban J connectivity index is 1.58. The maximum atomic E-state index is 13.3. The smallest absolute Gasteiger partial charge is 0.405 e. The largest absolute Gasteiger partial charge is 0.465 e. The van der Waals surface area contributed by atoms with Crippen LogP contribution in [-0.4, -0.2) is 50.7 Å². The molecule has 0 spiro atoms. The van der Waals surface area contributed by atoms with E-state index in [9.17, 15) is 14.7 Å². The number of nitrogens with one attached hydrogen (secondary N) is 2. The van der Waals surface area contributed by atoms with Crippen LogP contribution >= 0.6 is 15.9 Å². The topological polar surface area (TPSA) is 140 Å². The molecule has 11 heteroatoms. The van der Waals surface area contributed by atoms with Gasteiger partial charge in [0.15, 0.2) is 0 Å². The summed E-state index contributed by atoms with van der Waals surface area (Å²) in [6.07, 6.45) is 2.50. The molecule has 0 bridgehead atoms. The normalized spacial score (nSPS) is 15.7. The Kier molecular flexibility index (Phi) is 5.31. The number of halogens is 1. The first-order valence-corrected chi connectivity index (χ1v) is 10.1. The summed E-state index contributed by atoms with van der Waals surface area (Å²) in [6.45, 7) is 0.856. The second-order valence-electron chi connectivity index (χ2n) is 7.09. The van der Waals surface area contributed by atoms with Crippen LogP contribution in [0, 0.1) is 0 Å². The molecule has 2 aromatic heterocycles. The van der Waals surface area contributed by atoms with E-state index in [0.717, 1.165) is 26.3 Å². The predicted octanol–water partition coefficient (Wildman–Crippen LogP) is 2.23. The van der Waals surface area contributed by atoms with Gasteiger partial charge in [0.25, 0.3) is 5.91 Å². The van der Waals surface area contributed by atoms with Crippen molar-refractivity contribution < 1.29 is 14.7 Å². The van der Waals surface area contributed by atoms with Crippen LogP contribution in [0.1, 0.15) is 12.8 Å². The van der Waals surface area contributed by atoms with Crippen molar-refractivity contribution in [2.75, 3.05) is 23.0 Å². The number of aromatic nitrogens is 3. The van der Waals surface area contributed by atoms with E-state index in [1.54, 1.807) is 30.5 Å². The number of carboxylic acid groups (broad SMARTS) is 1. The molecule has 1 aliphatic rings. The van der Waals surface area contributed by atoms with Crippen LogP contribution in [0.4, 0.5) is 16.3 Å². The highest BCUT2D eigenvalue weighted by Crippen LogP contribution is 2.31. The Morgan fingerprint density at radius 3 is 2.57 bits per heavy atom. The standard InChI is InChI=1S/C19H20BrN7O3/c20-12-1-3-13(4-2-12)27(21)17(28)19(25-18(29)30)6-9-26(10-7-19)16-14-5-8-22-15(14)23-11-24-16/h1-5,8,11,25H,6-7,9-10,21H2,(H,29,30)(H,22,23,24). The Morgan fingerprint density at radius 2 is 1.90 bits per heavy atom. The number of nitrogens with two attached hydrogens (primary N) is 1. The number of anilines is 2. The first-order chi connectivity index (χ1) is 14.4. The summed E-state index contributed by atoms with van der Waals surface area (Å²) in [4.78, 5) is 38.4. The monoisotopic (exact) mass is 473 g/mol. The van der Waals surface area contributed by atoms with Crippen molar-refractivity contribution in [2.45, 2.75) is 18.4 Å². The number of nitrogens with zero attached hydrogens (tertiary/aromatic N) is 4. The molecule has 10 nitrogen and oxygen atoms in total. The van der Waals surface area contributed by atoms with Crippen molar-refractivity contribution in [1.29, 1.82) is 0 Å². The van der Waals surface area contributed by atoms with Gasteiger partial charge in [-0.2, -0.15) is 0 Å². The van der Waals surface area contributed by atoms with Crippen LogP contribution in [-0.2, 0) is 4.79 Å². The van der Waals surface area contributed by atoms with Crippen molar-refractivity contribution in [2.24, 2.45) is 5.84 Å². The molecular weight excluding hydrogens is 454 g/mol. The summed E-state index contributed by atoms with van der Waals surface area (Å²) in [5, 5.41) is 13.7. The summed E-state index contributed by atoms with van der Waals surface area (Å²) < 4.78 is 0.847. The summed E-state index contributed by atoms with van der Waals surface area (Å²) in [5.74, 6) is 6.33. The van der Waals surface area contributed by atoms with Gasteiger partial charge < -0.3 is 20.3 Å². The van der Waals surface area contributed by atoms with E-state index in [-0.39, 0.29) is 12.8 Å². The maximum Gasteiger partial charge on any atom is 0.405 e. The van der Waals surface area contributed by atoms with Crippen LogP contribution < -0.4 is 21.1 Å². The van der Waals surface area contributed by atoms with Gasteiger partial charge in [0, 0.05) is 23.8 Å². The predicted molar refractivity (Wildman–Crippen MR) is 115 cm³/mol. The van der Waals surface area contributed by atoms with Crippen LogP contribution in [0.5, 0.6) is 0 Å². The fraction of sp³-hybridized carbons (Fsp3) is 0.263. The molecule has 1 aromatic carbocycles. The summed E-state index contributed by atoms with van der Waals surface area (Å²) in [6, 6.07) is 8.80. The third-order valence-corrected chi connectivity index (χ3v) is 5.86. The lowest BCUT2D eigenvalue weighted by Crippen LogP contribution is -2.65. The first-order valence-electron chi connectivity index (χ1n) is 9.29. The maximum absolute atomic E-state index is 13.3. The molecule has 30 heavy (non-hydrogen) atoms. The van der Waals surface area contributed by atoms with Crippen molar-refractivity contribution >= 4 is 50.5 Å². The number of carbonyl (C=O) groups is 2. The van der Waals surface area contributed by atoms with E-state index < -0.39 is 17.5 Å². The van der Waals surface area contributed by atoms with E-state index >= 15 is 0 Å². The number of rotatable bonds is 4. The van der Waals surface area contributed by atoms with Gasteiger partial charge in [-0.3, -0.25) is 4.79 Å². The zero-order valence-electron chi connectivity index (χ0n) is 15.9. The Hall–Kier alpha value is -3.18. The van der Waals surface area contributed by atoms with Crippen molar-refractivity contribution in [3.63, 3.8) is 0 Å². The molecule has 3 heterocycles. The third-order valence-electron chi connectivity index (χ3n) is 5.33. The number of aromatic amines is 1. The number of benzene rings is 1. The average molecular weight is 474 g/mol. The number of hydrazine groups is 1. The highest BCUT2D eigenvalue weighted by molar-refractivity contribution is 9.10. The Morgan fingerprint density at radius 1 is 1.20 bits per heavy atom. The lowest BCUT2D eigenvalue weighted by molar-refractivity contribution is -0.125. The van der Waals surface area contributed by atoms with Gasteiger partial charge >= 0.3 is 6.09 Å². The molecule has 2 amide bonds. The molecule has 1 saturated heterocycles. The number of H-pyrrole nitrogens is 1. The minimum Gasteiger partial charge on any atom is -0.465 e. The molecule has 1 fully saturated rings. The van der Waals surface area contributed by atoms with E-state index in [4.69, 9.17) is 5.84 Å².